The molecule has 0 unspecified atom stereocenters. The summed E-state index contributed by atoms with van der Waals surface area (Å²) in [5.41, 5.74) is 5.20. The van der Waals surface area contributed by atoms with E-state index in [0.717, 1.165) is 19.3 Å². The van der Waals surface area contributed by atoms with Gasteiger partial charge in [0, 0.05) is 12.0 Å². The van der Waals surface area contributed by atoms with Crippen LogP contribution in [0.4, 0.5) is 0 Å². The summed E-state index contributed by atoms with van der Waals surface area (Å²) in [6.45, 7) is 8.20. The van der Waals surface area contributed by atoms with Crippen molar-refractivity contribution in [1.82, 2.24) is 5.32 Å². The number of amides is 1. The fourth-order valence-corrected chi connectivity index (χ4v) is 2.79. The molecule has 0 radical (unpaired) electrons. The number of rotatable bonds is 6. The molecule has 24 heavy (non-hydrogen) atoms. The van der Waals surface area contributed by atoms with Crippen molar-refractivity contribution in [3.63, 3.8) is 0 Å². The number of carbonyl (C=O) groups is 1. The first kappa shape index (κ1) is 18.3. The third-order valence-electron chi connectivity index (χ3n) is 4.06. The third kappa shape index (κ3) is 6.19. The molecule has 0 aliphatic heterocycles. The summed E-state index contributed by atoms with van der Waals surface area (Å²) in [7, 11) is 0. The van der Waals surface area contributed by atoms with Crippen molar-refractivity contribution in [2.75, 3.05) is 0 Å². The van der Waals surface area contributed by atoms with Crippen LogP contribution in [-0.4, -0.2) is 11.4 Å². The Kier molecular flexibility index (Phi) is 6.19. The van der Waals surface area contributed by atoms with Gasteiger partial charge in [-0.3, -0.25) is 4.79 Å². The van der Waals surface area contributed by atoms with Crippen molar-refractivity contribution >= 4 is 5.91 Å². The summed E-state index contributed by atoms with van der Waals surface area (Å²) in [4.78, 5) is 11.8. The number of benzene rings is 2. The Balaban J connectivity index is 1.82. The molecule has 0 bridgehead atoms. The van der Waals surface area contributed by atoms with E-state index < -0.39 is 0 Å². The minimum Gasteiger partial charge on any atom is -0.352 e. The number of carbonyl (C=O) groups excluding carboxylic acids is 1. The van der Waals surface area contributed by atoms with Gasteiger partial charge < -0.3 is 5.32 Å². The van der Waals surface area contributed by atoms with Gasteiger partial charge in [-0.1, -0.05) is 48.5 Å². The number of aryl methyl sites for hydroxylation is 2. The number of nitrogens with one attached hydrogen (secondary N) is 1. The Morgan fingerprint density at radius 1 is 0.958 bits per heavy atom. The maximum absolute atomic E-state index is 11.8. The molecule has 0 heterocycles. The molecule has 1 amide bonds. The van der Waals surface area contributed by atoms with Crippen LogP contribution in [-0.2, 0) is 17.6 Å². The van der Waals surface area contributed by atoms with Crippen molar-refractivity contribution in [2.24, 2.45) is 0 Å². The van der Waals surface area contributed by atoms with E-state index in [2.05, 4.69) is 60.8 Å². The van der Waals surface area contributed by atoms with E-state index in [0.29, 0.717) is 6.42 Å². The Hall–Kier alpha value is -2.09. The average Bonchev–Trinajstić information content (AvgIpc) is 2.49. The predicted molar refractivity (Wildman–Crippen MR) is 101 cm³/mol. The minimum atomic E-state index is -0.145. The zero-order valence-corrected chi connectivity index (χ0v) is 15.4. The Bertz CT molecular complexity index is 665. The van der Waals surface area contributed by atoms with E-state index in [1.807, 2.05) is 20.8 Å². The van der Waals surface area contributed by atoms with Crippen LogP contribution in [0.25, 0.3) is 0 Å². The quantitative estimate of drug-likeness (QED) is 0.811. The van der Waals surface area contributed by atoms with Crippen molar-refractivity contribution in [3.05, 3.63) is 70.8 Å². The second-order valence-corrected chi connectivity index (χ2v) is 7.57. The topological polar surface area (TPSA) is 29.1 Å². The molecule has 2 rings (SSSR count). The van der Waals surface area contributed by atoms with Crippen LogP contribution >= 0.6 is 0 Å². The van der Waals surface area contributed by atoms with E-state index >= 15 is 0 Å². The summed E-state index contributed by atoms with van der Waals surface area (Å²) >= 11 is 0. The van der Waals surface area contributed by atoms with Crippen molar-refractivity contribution < 1.29 is 4.79 Å². The molecule has 0 aliphatic rings. The highest BCUT2D eigenvalue weighted by molar-refractivity contribution is 5.76. The number of hydrogen-bond acceptors (Lipinski definition) is 1. The van der Waals surface area contributed by atoms with Crippen molar-refractivity contribution in [2.45, 2.75) is 58.9 Å². The van der Waals surface area contributed by atoms with E-state index in [1.165, 1.54) is 22.3 Å². The van der Waals surface area contributed by atoms with Crippen LogP contribution in [0.5, 0.6) is 0 Å². The molecule has 0 spiro atoms. The molecule has 0 fully saturated rings. The van der Waals surface area contributed by atoms with Gasteiger partial charge >= 0.3 is 0 Å². The van der Waals surface area contributed by atoms with Crippen LogP contribution in [0.15, 0.2) is 48.5 Å². The van der Waals surface area contributed by atoms with Crippen LogP contribution in [0.1, 0.15) is 55.9 Å². The average molecular weight is 323 g/mol. The van der Waals surface area contributed by atoms with Gasteiger partial charge in [-0.25, -0.2) is 0 Å². The Labute approximate surface area is 146 Å². The molecule has 1 N–H and O–H groups in total. The molecule has 2 nitrogen and oxygen atoms in total. The molecule has 0 aliphatic carbocycles. The first-order valence-corrected chi connectivity index (χ1v) is 8.77. The van der Waals surface area contributed by atoms with Gasteiger partial charge in [0.25, 0.3) is 0 Å². The van der Waals surface area contributed by atoms with E-state index in [4.69, 9.17) is 0 Å². The lowest BCUT2D eigenvalue weighted by Crippen LogP contribution is -2.40. The second kappa shape index (κ2) is 8.14. The normalized spacial score (nSPS) is 11.3. The van der Waals surface area contributed by atoms with Crippen LogP contribution < -0.4 is 5.32 Å². The zero-order chi connectivity index (χ0) is 17.6. The lowest BCUT2D eigenvalue weighted by Gasteiger charge is -2.20. The summed E-state index contributed by atoms with van der Waals surface area (Å²) in [5.74, 6) is 0.138. The predicted octanol–water partition coefficient (Wildman–Crippen LogP) is 4.82. The van der Waals surface area contributed by atoms with Gasteiger partial charge in [-0.05, 0) is 69.2 Å². The maximum atomic E-state index is 11.8. The molecule has 0 aromatic heterocycles. The number of hydrogen-bond donors (Lipinski definition) is 1. The highest BCUT2D eigenvalue weighted by Crippen LogP contribution is 2.15. The second-order valence-electron chi connectivity index (χ2n) is 7.57. The van der Waals surface area contributed by atoms with Crippen molar-refractivity contribution in [1.29, 1.82) is 0 Å². The fraction of sp³-hybridized carbons (Fsp3) is 0.409. The highest BCUT2D eigenvalue weighted by Gasteiger charge is 2.12. The Morgan fingerprint density at radius 3 is 2.21 bits per heavy atom. The van der Waals surface area contributed by atoms with Crippen LogP contribution in [0.3, 0.4) is 0 Å². The molecule has 2 aromatic carbocycles. The van der Waals surface area contributed by atoms with E-state index in [9.17, 15) is 4.79 Å². The van der Waals surface area contributed by atoms with E-state index in [-0.39, 0.29) is 11.4 Å². The summed E-state index contributed by atoms with van der Waals surface area (Å²) in [6, 6.07) is 17.3. The highest BCUT2D eigenvalue weighted by atomic mass is 16.1. The smallest absolute Gasteiger partial charge is 0.220 e. The van der Waals surface area contributed by atoms with Gasteiger partial charge in [0.15, 0.2) is 0 Å². The first-order valence-electron chi connectivity index (χ1n) is 8.77. The van der Waals surface area contributed by atoms with Crippen LogP contribution in [0, 0.1) is 6.92 Å². The van der Waals surface area contributed by atoms with Crippen molar-refractivity contribution in [3.8, 4) is 0 Å². The summed E-state index contributed by atoms with van der Waals surface area (Å²) in [5, 5.41) is 3.01. The lowest BCUT2D eigenvalue weighted by atomic mass is 9.99. The molecule has 2 aromatic rings. The molecule has 2 heteroatoms. The van der Waals surface area contributed by atoms with Gasteiger partial charge in [0.2, 0.25) is 5.91 Å². The molecular formula is C22H29NO. The minimum absolute atomic E-state index is 0.138. The molecule has 0 saturated carbocycles. The SMILES string of the molecule is Cc1ccccc1Cc1ccc(CCCC(=O)NC(C)(C)C)cc1. The van der Waals surface area contributed by atoms with Crippen LogP contribution in [0.2, 0.25) is 0 Å². The fourth-order valence-electron chi connectivity index (χ4n) is 2.79. The molecule has 0 saturated heterocycles. The molecular weight excluding hydrogens is 294 g/mol. The first-order chi connectivity index (χ1) is 11.3. The summed E-state index contributed by atoms with van der Waals surface area (Å²) < 4.78 is 0. The van der Waals surface area contributed by atoms with Gasteiger partial charge in [0.1, 0.15) is 0 Å². The maximum Gasteiger partial charge on any atom is 0.220 e. The zero-order valence-electron chi connectivity index (χ0n) is 15.4. The molecule has 0 atom stereocenters. The Morgan fingerprint density at radius 2 is 1.58 bits per heavy atom. The standard InChI is InChI=1S/C22H29NO/c1-17-8-5-6-10-20(17)16-19-14-12-18(13-15-19)9-7-11-21(24)23-22(2,3)4/h5-6,8,10,12-15H,7,9,11,16H2,1-4H3,(H,23,24). The van der Waals surface area contributed by atoms with Gasteiger partial charge in [0.05, 0.1) is 0 Å². The van der Waals surface area contributed by atoms with E-state index in [1.54, 1.807) is 0 Å². The monoisotopic (exact) mass is 323 g/mol. The van der Waals surface area contributed by atoms with Gasteiger partial charge in [-0.2, -0.15) is 0 Å². The third-order valence-corrected chi connectivity index (χ3v) is 4.06. The lowest BCUT2D eigenvalue weighted by molar-refractivity contribution is -0.122. The molecule has 128 valence electrons. The summed E-state index contributed by atoms with van der Waals surface area (Å²) in [6.07, 6.45) is 3.39. The largest absolute Gasteiger partial charge is 0.352 e. The van der Waals surface area contributed by atoms with Gasteiger partial charge in [-0.15, -0.1) is 0 Å².